The zero-order valence-electron chi connectivity index (χ0n) is 10.6. The van der Waals surface area contributed by atoms with Crippen molar-refractivity contribution in [1.29, 1.82) is 0 Å². The smallest absolute Gasteiger partial charge is 0.253 e. The third-order valence-electron chi connectivity index (χ3n) is 3.13. The lowest BCUT2D eigenvalue weighted by molar-refractivity contribution is -0.00862. The number of nitrogens with one attached hydrogen (secondary N) is 1. The summed E-state index contributed by atoms with van der Waals surface area (Å²) in [5.74, 6) is -0.251. The van der Waals surface area contributed by atoms with Crippen LogP contribution >= 0.6 is 23.2 Å². The minimum atomic E-state index is -0.251. The molecule has 1 aromatic rings. The van der Waals surface area contributed by atoms with Crippen molar-refractivity contribution in [2.75, 3.05) is 12.3 Å². The summed E-state index contributed by atoms with van der Waals surface area (Å²) < 4.78 is 5.44. The first-order valence-corrected chi connectivity index (χ1v) is 6.93. The van der Waals surface area contributed by atoms with Gasteiger partial charge < -0.3 is 15.8 Å². The topological polar surface area (TPSA) is 64.3 Å². The molecule has 0 aromatic heterocycles. The molecule has 0 aliphatic heterocycles. The van der Waals surface area contributed by atoms with Gasteiger partial charge in [0.2, 0.25) is 0 Å². The second kappa shape index (κ2) is 5.99. The van der Waals surface area contributed by atoms with Crippen molar-refractivity contribution in [3.05, 3.63) is 27.7 Å². The Kier molecular flexibility index (Phi) is 4.55. The lowest BCUT2D eigenvalue weighted by atomic mass is 9.89. The normalized spacial score (nSPS) is 21.8. The van der Waals surface area contributed by atoms with Crippen LogP contribution in [0.4, 0.5) is 5.69 Å². The number of halogens is 2. The maximum absolute atomic E-state index is 12.1. The molecule has 0 heterocycles. The van der Waals surface area contributed by atoms with Gasteiger partial charge in [0.25, 0.3) is 5.91 Å². The second-order valence-corrected chi connectivity index (χ2v) is 5.37. The molecular formula is C13H16Cl2N2O2. The Balaban J connectivity index is 1.98. The molecule has 0 radical (unpaired) electrons. The number of benzene rings is 1. The summed E-state index contributed by atoms with van der Waals surface area (Å²) in [5, 5.41) is 3.41. The van der Waals surface area contributed by atoms with Crippen LogP contribution in [0.5, 0.6) is 0 Å². The largest absolute Gasteiger partial charge is 0.399 e. The maximum Gasteiger partial charge on any atom is 0.253 e. The number of anilines is 1. The summed E-state index contributed by atoms with van der Waals surface area (Å²) in [5.41, 5.74) is 6.39. The van der Waals surface area contributed by atoms with E-state index in [0.717, 1.165) is 12.8 Å². The fourth-order valence-electron chi connectivity index (χ4n) is 2.09. The fourth-order valence-corrected chi connectivity index (χ4v) is 2.52. The summed E-state index contributed by atoms with van der Waals surface area (Å²) in [6.45, 7) is 2.66. The molecule has 104 valence electrons. The number of nitrogens with two attached hydrogens (primary N) is 1. The Morgan fingerprint density at radius 1 is 1.47 bits per heavy atom. The van der Waals surface area contributed by atoms with Crippen molar-refractivity contribution in [2.24, 2.45) is 0 Å². The molecule has 6 heteroatoms. The molecular weight excluding hydrogens is 287 g/mol. The highest BCUT2D eigenvalue weighted by Gasteiger charge is 2.31. The number of nitrogen functional groups attached to an aromatic ring is 1. The number of ether oxygens (including phenoxy) is 1. The van der Waals surface area contributed by atoms with E-state index < -0.39 is 0 Å². The summed E-state index contributed by atoms with van der Waals surface area (Å²) in [6, 6.07) is 3.18. The molecule has 0 unspecified atom stereocenters. The summed E-state index contributed by atoms with van der Waals surface area (Å²) in [6.07, 6.45) is 1.90. The van der Waals surface area contributed by atoms with Crippen LogP contribution in [0.15, 0.2) is 12.1 Å². The average Bonchev–Trinajstić information content (AvgIpc) is 2.31. The first-order valence-electron chi connectivity index (χ1n) is 6.18. The third kappa shape index (κ3) is 3.32. The predicted octanol–water partition coefficient (Wildman–Crippen LogP) is 2.87. The maximum atomic E-state index is 12.1. The molecule has 0 atom stereocenters. The van der Waals surface area contributed by atoms with Gasteiger partial charge in [-0.05, 0) is 31.9 Å². The zero-order chi connectivity index (χ0) is 14.0. The summed E-state index contributed by atoms with van der Waals surface area (Å²) >= 11 is 11.9. The molecule has 3 N–H and O–H groups in total. The van der Waals surface area contributed by atoms with Gasteiger partial charge in [0, 0.05) is 18.3 Å². The van der Waals surface area contributed by atoms with Gasteiger partial charge in [-0.1, -0.05) is 23.2 Å². The minimum absolute atomic E-state index is 0.125. The van der Waals surface area contributed by atoms with E-state index in [1.54, 1.807) is 0 Å². The first kappa shape index (κ1) is 14.4. The third-order valence-corrected chi connectivity index (χ3v) is 3.93. The van der Waals surface area contributed by atoms with Crippen molar-refractivity contribution in [1.82, 2.24) is 5.32 Å². The first-order chi connectivity index (χ1) is 9.01. The Morgan fingerprint density at radius 2 is 2.16 bits per heavy atom. The predicted molar refractivity (Wildman–Crippen MR) is 76.8 cm³/mol. The fraction of sp³-hybridized carbons (Fsp3) is 0.462. The van der Waals surface area contributed by atoms with Crippen LogP contribution in [-0.2, 0) is 4.74 Å². The number of rotatable bonds is 4. The van der Waals surface area contributed by atoms with E-state index in [9.17, 15) is 4.79 Å². The van der Waals surface area contributed by atoms with Crippen LogP contribution in [0.2, 0.25) is 10.0 Å². The summed E-state index contributed by atoms with van der Waals surface area (Å²) in [4.78, 5) is 12.1. The Hall–Kier alpha value is -0.970. The van der Waals surface area contributed by atoms with Gasteiger partial charge in [0.15, 0.2) is 0 Å². The number of hydrogen-bond acceptors (Lipinski definition) is 3. The molecule has 4 nitrogen and oxygen atoms in total. The second-order valence-electron chi connectivity index (χ2n) is 4.58. The highest BCUT2D eigenvalue weighted by molar-refractivity contribution is 6.44. The van der Waals surface area contributed by atoms with Gasteiger partial charge in [-0.15, -0.1) is 0 Å². The highest BCUT2D eigenvalue weighted by Crippen LogP contribution is 2.30. The van der Waals surface area contributed by atoms with E-state index in [0.29, 0.717) is 17.9 Å². The lowest BCUT2D eigenvalue weighted by Gasteiger charge is -2.35. The monoisotopic (exact) mass is 302 g/mol. The zero-order valence-corrected chi connectivity index (χ0v) is 12.1. The van der Waals surface area contributed by atoms with Gasteiger partial charge in [-0.2, -0.15) is 0 Å². The van der Waals surface area contributed by atoms with E-state index in [1.807, 2.05) is 6.92 Å². The van der Waals surface area contributed by atoms with E-state index in [1.165, 1.54) is 12.1 Å². The van der Waals surface area contributed by atoms with E-state index in [-0.39, 0.29) is 28.1 Å². The highest BCUT2D eigenvalue weighted by atomic mass is 35.5. The van der Waals surface area contributed by atoms with Gasteiger partial charge in [-0.25, -0.2) is 0 Å². The Morgan fingerprint density at radius 3 is 2.79 bits per heavy atom. The molecule has 1 aliphatic carbocycles. The number of amides is 1. The number of carbonyl (C=O) groups is 1. The molecule has 1 saturated carbocycles. The summed E-state index contributed by atoms with van der Waals surface area (Å²) in [7, 11) is 0. The molecule has 1 aliphatic rings. The molecule has 1 aromatic carbocycles. The van der Waals surface area contributed by atoms with Crippen LogP contribution < -0.4 is 11.1 Å². The van der Waals surface area contributed by atoms with Crippen molar-refractivity contribution >= 4 is 34.8 Å². The molecule has 0 bridgehead atoms. The lowest BCUT2D eigenvalue weighted by Crippen LogP contribution is -2.47. The quantitative estimate of drug-likeness (QED) is 0.841. The van der Waals surface area contributed by atoms with Crippen molar-refractivity contribution in [2.45, 2.75) is 31.9 Å². The average molecular weight is 303 g/mol. The SMILES string of the molecule is CCOC1CC(NC(=O)c2cc(N)cc(Cl)c2Cl)C1. The number of carbonyl (C=O) groups excluding carboxylic acids is 1. The van der Waals surface area contributed by atoms with Gasteiger partial charge in [0.05, 0.1) is 21.7 Å². The van der Waals surface area contributed by atoms with Crippen LogP contribution in [0, 0.1) is 0 Å². The molecule has 19 heavy (non-hydrogen) atoms. The number of hydrogen-bond donors (Lipinski definition) is 2. The van der Waals surface area contributed by atoms with Crippen molar-refractivity contribution < 1.29 is 9.53 Å². The van der Waals surface area contributed by atoms with Gasteiger partial charge in [-0.3, -0.25) is 4.79 Å². The van der Waals surface area contributed by atoms with Crippen LogP contribution in [0.3, 0.4) is 0 Å². The Bertz CT molecular complexity index is 488. The molecule has 1 amide bonds. The molecule has 2 rings (SSSR count). The van der Waals surface area contributed by atoms with E-state index in [2.05, 4.69) is 5.32 Å². The minimum Gasteiger partial charge on any atom is -0.399 e. The van der Waals surface area contributed by atoms with Gasteiger partial charge >= 0.3 is 0 Å². The van der Waals surface area contributed by atoms with Crippen LogP contribution in [0.25, 0.3) is 0 Å². The van der Waals surface area contributed by atoms with Crippen molar-refractivity contribution in [3.8, 4) is 0 Å². The van der Waals surface area contributed by atoms with Crippen LogP contribution in [-0.4, -0.2) is 24.7 Å². The standard InChI is InChI=1S/C13H16Cl2N2O2/c1-2-19-9-5-8(6-9)17-13(18)10-3-7(16)4-11(14)12(10)15/h3-4,8-9H,2,5-6,16H2,1H3,(H,17,18). The molecule has 0 saturated heterocycles. The van der Waals surface area contributed by atoms with E-state index in [4.69, 9.17) is 33.7 Å². The van der Waals surface area contributed by atoms with Gasteiger partial charge in [0.1, 0.15) is 0 Å². The van der Waals surface area contributed by atoms with E-state index >= 15 is 0 Å². The Labute approximate surface area is 122 Å². The van der Waals surface area contributed by atoms with Crippen LogP contribution in [0.1, 0.15) is 30.1 Å². The molecule has 0 spiro atoms. The van der Waals surface area contributed by atoms with Crippen molar-refractivity contribution in [3.63, 3.8) is 0 Å². The molecule has 1 fully saturated rings.